The molecule has 2 rings (SSSR count). The first-order valence-electron chi connectivity index (χ1n) is 6.42. The summed E-state index contributed by atoms with van der Waals surface area (Å²) in [4.78, 5) is 0. The molecule has 0 aliphatic carbocycles. The Balaban J connectivity index is 2.27. The molecule has 1 aromatic carbocycles. The molecule has 0 atom stereocenters. The molecule has 0 bridgehead atoms. The quantitative estimate of drug-likeness (QED) is 0.317. The fourth-order valence-corrected chi connectivity index (χ4v) is 3.44. The fourth-order valence-electron chi connectivity index (χ4n) is 2.12. The molecule has 116 valence electrons. The average Bonchev–Trinajstić information content (AvgIpc) is 3.01. The molecule has 1 saturated heterocycles. The van der Waals surface area contributed by atoms with Gasteiger partial charge >= 0.3 is 10.2 Å². The SMILES string of the molecule is COc1cc(/C(N)=N/O)ccc1NS(=O)(=O)N1CCCC1. The average molecular weight is 314 g/mol. The molecule has 1 aromatic rings. The molecule has 0 unspecified atom stereocenters. The van der Waals surface area contributed by atoms with Gasteiger partial charge in [-0.3, -0.25) is 4.72 Å². The Labute approximate surface area is 123 Å². The van der Waals surface area contributed by atoms with Crippen molar-refractivity contribution < 1.29 is 18.4 Å². The van der Waals surface area contributed by atoms with Crippen molar-refractivity contribution in [2.45, 2.75) is 12.8 Å². The topological polar surface area (TPSA) is 117 Å². The zero-order valence-electron chi connectivity index (χ0n) is 11.6. The van der Waals surface area contributed by atoms with Gasteiger partial charge in [0, 0.05) is 18.7 Å². The number of nitrogens with zero attached hydrogens (tertiary/aromatic N) is 2. The van der Waals surface area contributed by atoms with Crippen molar-refractivity contribution in [3.8, 4) is 5.75 Å². The molecule has 1 aliphatic rings. The molecule has 1 fully saturated rings. The van der Waals surface area contributed by atoms with E-state index < -0.39 is 10.2 Å². The first-order valence-corrected chi connectivity index (χ1v) is 7.86. The number of anilines is 1. The Morgan fingerprint density at radius 3 is 2.67 bits per heavy atom. The van der Waals surface area contributed by atoms with E-state index in [1.807, 2.05) is 0 Å². The van der Waals surface area contributed by atoms with Crippen LogP contribution in [0.15, 0.2) is 23.4 Å². The summed E-state index contributed by atoms with van der Waals surface area (Å²) in [5.41, 5.74) is 6.23. The molecule has 8 nitrogen and oxygen atoms in total. The van der Waals surface area contributed by atoms with Crippen LogP contribution < -0.4 is 15.2 Å². The molecule has 4 N–H and O–H groups in total. The minimum absolute atomic E-state index is 0.0812. The second-order valence-electron chi connectivity index (χ2n) is 4.61. The summed E-state index contributed by atoms with van der Waals surface area (Å²) < 4.78 is 33.5. The van der Waals surface area contributed by atoms with Crippen LogP contribution in [0.25, 0.3) is 0 Å². The Morgan fingerprint density at radius 2 is 2.10 bits per heavy atom. The third-order valence-corrected chi connectivity index (χ3v) is 4.77. The lowest BCUT2D eigenvalue weighted by Crippen LogP contribution is -2.33. The van der Waals surface area contributed by atoms with E-state index in [-0.39, 0.29) is 5.84 Å². The third-order valence-electron chi connectivity index (χ3n) is 3.25. The first kappa shape index (κ1) is 15.4. The van der Waals surface area contributed by atoms with Gasteiger partial charge < -0.3 is 15.7 Å². The molecule has 21 heavy (non-hydrogen) atoms. The monoisotopic (exact) mass is 314 g/mol. The van der Waals surface area contributed by atoms with Crippen LogP contribution >= 0.6 is 0 Å². The number of nitrogens with one attached hydrogen (secondary N) is 1. The number of hydrogen-bond donors (Lipinski definition) is 3. The normalized spacial score (nSPS) is 16.9. The zero-order valence-corrected chi connectivity index (χ0v) is 12.4. The van der Waals surface area contributed by atoms with Crippen molar-refractivity contribution in [1.82, 2.24) is 4.31 Å². The number of ether oxygens (including phenoxy) is 1. The van der Waals surface area contributed by atoms with Gasteiger partial charge in [-0.15, -0.1) is 0 Å². The van der Waals surface area contributed by atoms with Gasteiger partial charge in [0.2, 0.25) is 0 Å². The van der Waals surface area contributed by atoms with Crippen molar-refractivity contribution in [3.05, 3.63) is 23.8 Å². The maximum absolute atomic E-state index is 12.2. The van der Waals surface area contributed by atoms with Gasteiger partial charge in [-0.05, 0) is 31.0 Å². The highest BCUT2D eigenvalue weighted by Crippen LogP contribution is 2.27. The maximum atomic E-state index is 12.2. The van der Waals surface area contributed by atoms with Crippen LogP contribution in [0.5, 0.6) is 5.75 Å². The summed E-state index contributed by atoms with van der Waals surface area (Å²) >= 11 is 0. The van der Waals surface area contributed by atoms with Gasteiger partial charge in [-0.2, -0.15) is 12.7 Å². The number of benzene rings is 1. The lowest BCUT2D eigenvalue weighted by atomic mass is 10.2. The van der Waals surface area contributed by atoms with Crippen LogP contribution in [-0.4, -0.2) is 44.0 Å². The smallest absolute Gasteiger partial charge is 0.301 e. The number of oxime groups is 1. The number of nitrogens with two attached hydrogens (primary N) is 1. The van der Waals surface area contributed by atoms with E-state index in [0.29, 0.717) is 30.1 Å². The molecule has 9 heteroatoms. The molecule has 0 saturated carbocycles. The molecule has 0 spiro atoms. The largest absolute Gasteiger partial charge is 0.495 e. The standard InChI is InChI=1S/C12H18N4O4S/c1-20-11-8-9(12(13)14-17)4-5-10(11)15-21(18,19)16-6-2-3-7-16/h4-5,8,15,17H,2-3,6-7H2,1H3,(H2,13,14). The van der Waals surface area contributed by atoms with E-state index in [2.05, 4.69) is 9.88 Å². The molecule has 0 aromatic heterocycles. The van der Waals surface area contributed by atoms with Crippen molar-refractivity contribution in [2.24, 2.45) is 10.9 Å². The lowest BCUT2D eigenvalue weighted by molar-refractivity contribution is 0.318. The number of amidine groups is 1. The third kappa shape index (κ3) is 3.37. The molecular weight excluding hydrogens is 296 g/mol. The van der Waals surface area contributed by atoms with Gasteiger partial charge in [-0.1, -0.05) is 5.16 Å². The van der Waals surface area contributed by atoms with Crippen molar-refractivity contribution >= 4 is 21.7 Å². The predicted octanol–water partition coefficient (Wildman–Crippen LogP) is 0.542. The number of rotatable bonds is 5. The molecule has 1 aliphatic heterocycles. The minimum atomic E-state index is -3.59. The maximum Gasteiger partial charge on any atom is 0.301 e. The van der Waals surface area contributed by atoms with Gasteiger partial charge in [0.05, 0.1) is 12.8 Å². The van der Waals surface area contributed by atoms with Crippen LogP contribution in [0.4, 0.5) is 5.69 Å². The summed E-state index contributed by atoms with van der Waals surface area (Å²) in [7, 11) is -2.18. The van der Waals surface area contributed by atoms with E-state index in [1.165, 1.54) is 23.5 Å². The predicted molar refractivity (Wildman–Crippen MR) is 78.9 cm³/mol. The number of hydrogen-bond acceptors (Lipinski definition) is 5. The summed E-state index contributed by atoms with van der Waals surface area (Å²) in [5.74, 6) is 0.212. The Hall–Kier alpha value is -2.00. The van der Waals surface area contributed by atoms with E-state index in [9.17, 15) is 8.42 Å². The van der Waals surface area contributed by atoms with Crippen LogP contribution in [0.3, 0.4) is 0 Å². The van der Waals surface area contributed by atoms with Crippen LogP contribution in [-0.2, 0) is 10.2 Å². The van der Waals surface area contributed by atoms with Gasteiger partial charge in [0.1, 0.15) is 5.75 Å². The second kappa shape index (κ2) is 6.19. The number of methoxy groups -OCH3 is 1. The minimum Gasteiger partial charge on any atom is -0.495 e. The second-order valence-corrected chi connectivity index (χ2v) is 6.28. The summed E-state index contributed by atoms with van der Waals surface area (Å²) in [5, 5.41) is 11.5. The Kier molecular flexibility index (Phi) is 4.53. The Morgan fingerprint density at radius 1 is 1.43 bits per heavy atom. The highest BCUT2D eigenvalue weighted by Gasteiger charge is 2.26. The van der Waals surface area contributed by atoms with Crippen molar-refractivity contribution in [3.63, 3.8) is 0 Å². The lowest BCUT2D eigenvalue weighted by Gasteiger charge is -2.18. The van der Waals surface area contributed by atoms with E-state index in [1.54, 1.807) is 6.07 Å². The van der Waals surface area contributed by atoms with Crippen molar-refractivity contribution in [2.75, 3.05) is 24.9 Å². The molecule has 1 heterocycles. The summed E-state index contributed by atoms with van der Waals surface area (Å²) in [6.07, 6.45) is 1.72. The van der Waals surface area contributed by atoms with Gasteiger partial charge in [0.25, 0.3) is 0 Å². The van der Waals surface area contributed by atoms with Crippen LogP contribution in [0.1, 0.15) is 18.4 Å². The van der Waals surface area contributed by atoms with Gasteiger partial charge in [-0.25, -0.2) is 0 Å². The summed E-state index contributed by atoms with van der Waals surface area (Å²) in [6.45, 7) is 1.03. The van der Waals surface area contributed by atoms with E-state index in [4.69, 9.17) is 15.7 Å². The fraction of sp³-hybridized carbons (Fsp3) is 0.417. The van der Waals surface area contributed by atoms with Crippen LogP contribution in [0.2, 0.25) is 0 Å². The zero-order chi connectivity index (χ0) is 15.5. The Bertz CT molecular complexity index is 639. The molecule has 0 radical (unpaired) electrons. The van der Waals surface area contributed by atoms with Crippen LogP contribution in [0, 0.1) is 0 Å². The van der Waals surface area contributed by atoms with E-state index in [0.717, 1.165) is 12.8 Å². The highest BCUT2D eigenvalue weighted by molar-refractivity contribution is 7.90. The molecular formula is C12H18N4O4S. The first-order chi connectivity index (χ1) is 9.97. The van der Waals surface area contributed by atoms with E-state index >= 15 is 0 Å². The van der Waals surface area contributed by atoms with Gasteiger partial charge in [0.15, 0.2) is 5.84 Å². The molecule has 0 amide bonds. The van der Waals surface area contributed by atoms with Crippen molar-refractivity contribution in [1.29, 1.82) is 0 Å². The highest BCUT2D eigenvalue weighted by atomic mass is 32.2. The summed E-state index contributed by atoms with van der Waals surface area (Å²) in [6, 6.07) is 4.55.